The standard InChI is InChI=1S/C25H27N5O8/c1-25(2,3)38-24(35)26-10-9-20(31)28-16-6-4-5-15(11-16)13-27-21(32)14-29-22(33)18-8-7-17(30(36)37)12-19(18)23(29)34/h4-8,11-12H,9-10,13-14H2,1-3H3,(H,26,35)(H,27,32)(H,28,31). The summed E-state index contributed by atoms with van der Waals surface area (Å²) in [6, 6.07) is 10.0. The van der Waals surface area contributed by atoms with Gasteiger partial charge in [-0.25, -0.2) is 4.79 Å². The maximum Gasteiger partial charge on any atom is 0.407 e. The average molecular weight is 526 g/mol. The number of carbonyl (C=O) groups is 5. The van der Waals surface area contributed by atoms with Crippen molar-refractivity contribution >= 4 is 41.1 Å². The van der Waals surface area contributed by atoms with Gasteiger partial charge in [-0.3, -0.25) is 34.2 Å². The van der Waals surface area contributed by atoms with E-state index in [1.165, 1.54) is 6.07 Å². The molecule has 38 heavy (non-hydrogen) atoms. The van der Waals surface area contributed by atoms with Crippen LogP contribution in [-0.2, 0) is 20.9 Å². The van der Waals surface area contributed by atoms with Crippen LogP contribution in [0.5, 0.6) is 0 Å². The van der Waals surface area contributed by atoms with Gasteiger partial charge in [-0.05, 0) is 44.5 Å². The van der Waals surface area contributed by atoms with Gasteiger partial charge in [-0.2, -0.15) is 0 Å². The van der Waals surface area contributed by atoms with Crippen molar-refractivity contribution in [2.45, 2.75) is 39.3 Å². The van der Waals surface area contributed by atoms with E-state index in [-0.39, 0.29) is 42.2 Å². The number of anilines is 1. The summed E-state index contributed by atoms with van der Waals surface area (Å²) in [5.74, 6) is -2.44. The Morgan fingerprint density at radius 3 is 2.37 bits per heavy atom. The number of nitro groups is 1. The summed E-state index contributed by atoms with van der Waals surface area (Å²) in [7, 11) is 0. The van der Waals surface area contributed by atoms with E-state index in [9.17, 15) is 34.1 Å². The van der Waals surface area contributed by atoms with E-state index >= 15 is 0 Å². The number of nitro benzene ring substituents is 1. The molecule has 0 saturated carbocycles. The van der Waals surface area contributed by atoms with Gasteiger partial charge >= 0.3 is 6.09 Å². The van der Waals surface area contributed by atoms with Crippen LogP contribution in [-0.4, -0.2) is 58.2 Å². The lowest BCUT2D eigenvalue weighted by Crippen LogP contribution is -2.40. The Morgan fingerprint density at radius 2 is 1.68 bits per heavy atom. The first-order valence-corrected chi connectivity index (χ1v) is 11.6. The maximum atomic E-state index is 12.5. The van der Waals surface area contributed by atoms with Crippen molar-refractivity contribution < 1.29 is 33.6 Å². The van der Waals surface area contributed by atoms with Crippen LogP contribution >= 0.6 is 0 Å². The second kappa shape index (κ2) is 11.5. The molecule has 13 heteroatoms. The Kier molecular flexibility index (Phi) is 8.40. The predicted molar refractivity (Wildman–Crippen MR) is 134 cm³/mol. The van der Waals surface area contributed by atoms with Crippen molar-refractivity contribution in [3.8, 4) is 0 Å². The van der Waals surface area contributed by atoms with Crippen molar-refractivity contribution in [3.63, 3.8) is 0 Å². The third kappa shape index (κ3) is 7.35. The highest BCUT2D eigenvalue weighted by atomic mass is 16.6. The number of alkyl carbamates (subject to hydrolysis) is 1. The number of non-ortho nitro benzene ring substituents is 1. The fourth-order valence-electron chi connectivity index (χ4n) is 3.51. The van der Waals surface area contributed by atoms with Crippen LogP contribution in [0.4, 0.5) is 16.2 Å². The Balaban J connectivity index is 1.48. The minimum Gasteiger partial charge on any atom is -0.444 e. The van der Waals surface area contributed by atoms with Gasteiger partial charge in [0.1, 0.15) is 12.1 Å². The van der Waals surface area contributed by atoms with Gasteiger partial charge in [0.2, 0.25) is 11.8 Å². The molecule has 0 saturated heterocycles. The molecule has 3 rings (SSSR count). The number of hydrogen-bond donors (Lipinski definition) is 3. The Morgan fingerprint density at radius 1 is 0.974 bits per heavy atom. The molecule has 0 atom stereocenters. The first-order valence-electron chi connectivity index (χ1n) is 11.6. The van der Waals surface area contributed by atoms with Crippen LogP contribution in [0.2, 0.25) is 0 Å². The SMILES string of the molecule is CC(C)(C)OC(=O)NCCC(=O)Nc1cccc(CNC(=O)CN2C(=O)c3ccc([N+](=O)[O-])cc3C2=O)c1. The van der Waals surface area contributed by atoms with Crippen LogP contribution in [0, 0.1) is 10.1 Å². The van der Waals surface area contributed by atoms with Gasteiger partial charge in [0.15, 0.2) is 0 Å². The molecule has 1 aliphatic rings. The molecule has 0 bridgehead atoms. The maximum absolute atomic E-state index is 12.5. The van der Waals surface area contributed by atoms with Crippen LogP contribution in [0.3, 0.4) is 0 Å². The molecule has 0 fully saturated rings. The minimum absolute atomic E-state index is 0.00172. The lowest BCUT2D eigenvalue weighted by atomic mass is 10.1. The third-order valence-electron chi connectivity index (χ3n) is 5.19. The molecule has 5 amide bonds. The normalized spacial score (nSPS) is 12.6. The summed E-state index contributed by atoms with van der Waals surface area (Å²) in [5, 5.41) is 18.7. The lowest BCUT2D eigenvalue weighted by Gasteiger charge is -2.19. The van der Waals surface area contributed by atoms with E-state index in [1.807, 2.05) is 0 Å². The monoisotopic (exact) mass is 525 g/mol. The second-order valence-electron chi connectivity index (χ2n) is 9.39. The van der Waals surface area contributed by atoms with E-state index in [4.69, 9.17) is 4.74 Å². The number of carbonyl (C=O) groups excluding carboxylic acids is 5. The van der Waals surface area contributed by atoms with Crippen LogP contribution in [0.25, 0.3) is 0 Å². The molecule has 0 spiro atoms. The lowest BCUT2D eigenvalue weighted by molar-refractivity contribution is -0.384. The van der Waals surface area contributed by atoms with Crippen LogP contribution < -0.4 is 16.0 Å². The second-order valence-corrected chi connectivity index (χ2v) is 9.39. The van der Waals surface area contributed by atoms with Crippen LogP contribution in [0.1, 0.15) is 53.5 Å². The van der Waals surface area contributed by atoms with E-state index in [0.717, 1.165) is 17.0 Å². The molecular weight excluding hydrogens is 498 g/mol. The molecule has 2 aromatic rings. The van der Waals surface area contributed by atoms with Gasteiger partial charge < -0.3 is 20.7 Å². The third-order valence-corrected chi connectivity index (χ3v) is 5.19. The van der Waals surface area contributed by atoms with Gasteiger partial charge in [0.25, 0.3) is 17.5 Å². The molecule has 0 aliphatic carbocycles. The summed E-state index contributed by atoms with van der Waals surface area (Å²) in [4.78, 5) is 72.3. The molecule has 13 nitrogen and oxygen atoms in total. The number of amides is 5. The first kappa shape index (κ1) is 27.8. The molecule has 1 aliphatic heterocycles. The highest BCUT2D eigenvalue weighted by molar-refractivity contribution is 6.22. The van der Waals surface area contributed by atoms with Crippen molar-refractivity contribution in [2.24, 2.45) is 0 Å². The smallest absolute Gasteiger partial charge is 0.407 e. The first-order chi connectivity index (χ1) is 17.8. The predicted octanol–water partition coefficient (Wildman–Crippen LogP) is 2.36. The molecule has 1 heterocycles. The molecule has 0 unspecified atom stereocenters. The topological polar surface area (TPSA) is 177 Å². The molecule has 3 N–H and O–H groups in total. The van der Waals surface area contributed by atoms with E-state index in [1.54, 1.807) is 45.0 Å². The minimum atomic E-state index is -0.783. The largest absolute Gasteiger partial charge is 0.444 e. The number of benzene rings is 2. The fraction of sp³-hybridized carbons (Fsp3) is 0.320. The number of ether oxygens (including phenoxy) is 1. The molecule has 0 radical (unpaired) electrons. The quantitative estimate of drug-likeness (QED) is 0.254. The van der Waals surface area contributed by atoms with Crippen molar-refractivity contribution in [1.29, 1.82) is 0 Å². The number of fused-ring (bicyclic) bond motifs is 1. The highest BCUT2D eigenvalue weighted by Gasteiger charge is 2.37. The Hall–Kier alpha value is -4.81. The Labute approximate surface area is 217 Å². The highest BCUT2D eigenvalue weighted by Crippen LogP contribution is 2.26. The zero-order valence-corrected chi connectivity index (χ0v) is 21.0. The van der Waals surface area contributed by atoms with E-state index in [0.29, 0.717) is 11.3 Å². The van der Waals surface area contributed by atoms with Gasteiger partial charge in [-0.15, -0.1) is 0 Å². The number of nitrogens with one attached hydrogen (secondary N) is 3. The molecule has 2 aromatic carbocycles. The van der Waals surface area contributed by atoms with Gasteiger partial charge in [0.05, 0.1) is 16.1 Å². The van der Waals surface area contributed by atoms with Crippen molar-refractivity contribution in [3.05, 3.63) is 69.3 Å². The van der Waals surface area contributed by atoms with Crippen molar-refractivity contribution in [2.75, 3.05) is 18.4 Å². The van der Waals surface area contributed by atoms with E-state index < -0.39 is 40.9 Å². The molecular formula is C25H27N5O8. The average Bonchev–Trinajstić information content (AvgIpc) is 3.06. The number of hydrogen-bond acceptors (Lipinski definition) is 8. The number of rotatable bonds is 9. The summed E-state index contributed by atoms with van der Waals surface area (Å²) in [6.45, 7) is 4.78. The summed E-state index contributed by atoms with van der Waals surface area (Å²) >= 11 is 0. The zero-order chi connectivity index (χ0) is 28.0. The summed E-state index contributed by atoms with van der Waals surface area (Å²) < 4.78 is 5.10. The van der Waals surface area contributed by atoms with Gasteiger partial charge in [0, 0.05) is 37.3 Å². The number of imide groups is 1. The number of nitrogens with zero attached hydrogens (tertiary/aromatic N) is 2. The van der Waals surface area contributed by atoms with Gasteiger partial charge in [-0.1, -0.05) is 12.1 Å². The molecule has 200 valence electrons. The fourth-order valence-corrected chi connectivity index (χ4v) is 3.51. The van der Waals surface area contributed by atoms with Crippen molar-refractivity contribution in [1.82, 2.24) is 15.5 Å². The zero-order valence-electron chi connectivity index (χ0n) is 21.0. The summed E-state index contributed by atoms with van der Waals surface area (Å²) in [6.07, 6.45) is -0.602. The van der Waals surface area contributed by atoms with E-state index in [2.05, 4.69) is 16.0 Å². The Bertz CT molecular complexity index is 1300. The molecule has 0 aromatic heterocycles. The summed E-state index contributed by atoms with van der Waals surface area (Å²) in [5.41, 5.74) is 0.0138. The van der Waals surface area contributed by atoms with Crippen LogP contribution in [0.15, 0.2) is 42.5 Å².